The van der Waals surface area contributed by atoms with Crippen molar-refractivity contribution in [3.8, 4) is 39.5 Å². The first kappa shape index (κ1) is 31.5. The first-order valence-electron chi connectivity index (χ1n) is 13.3. The number of hydrogen-bond acceptors (Lipinski definition) is 7. The molecule has 0 fully saturated rings. The van der Waals surface area contributed by atoms with E-state index in [4.69, 9.17) is 23.7 Å². The second-order valence-corrected chi connectivity index (χ2v) is 9.63. The maximum absolute atomic E-state index is 11.8. The predicted molar refractivity (Wildman–Crippen MR) is 164 cm³/mol. The maximum Gasteiger partial charge on any atom is 0.338 e. The van der Waals surface area contributed by atoms with Crippen LogP contribution in [0.5, 0.6) is 17.2 Å². The minimum Gasteiger partial charge on any atom is -0.490 e. The topological polar surface area (TPSA) is 80.3 Å². The monoisotopic (exact) mass is 568 g/mol. The molecule has 3 aromatic carbocycles. The quantitative estimate of drug-likeness (QED) is 0.0469. The number of benzene rings is 3. The zero-order valence-corrected chi connectivity index (χ0v) is 24.4. The van der Waals surface area contributed by atoms with Gasteiger partial charge >= 0.3 is 11.9 Å². The molecule has 0 atom stereocenters. The van der Waals surface area contributed by atoms with Gasteiger partial charge in [0.2, 0.25) is 0 Å². The van der Waals surface area contributed by atoms with Crippen LogP contribution in [-0.4, -0.2) is 38.4 Å². The molecule has 3 aromatic rings. The fraction of sp³-hybridized carbons (Fsp3) is 0.200. The Labute approximate surface area is 247 Å². The summed E-state index contributed by atoms with van der Waals surface area (Å²) >= 11 is 0. The van der Waals surface area contributed by atoms with Gasteiger partial charge in [0.1, 0.15) is 49.4 Å². The van der Waals surface area contributed by atoms with E-state index in [9.17, 15) is 9.59 Å². The lowest BCUT2D eigenvalue weighted by Gasteiger charge is -2.14. The molecular weight excluding hydrogens is 532 g/mol. The van der Waals surface area contributed by atoms with E-state index in [2.05, 4.69) is 26.3 Å². The second-order valence-electron chi connectivity index (χ2n) is 9.63. The van der Waals surface area contributed by atoms with E-state index in [1.54, 1.807) is 32.0 Å². The molecule has 0 spiro atoms. The molecule has 0 saturated carbocycles. The Morgan fingerprint density at radius 1 is 0.524 bits per heavy atom. The number of esters is 2. The molecule has 0 aromatic heterocycles. The summed E-state index contributed by atoms with van der Waals surface area (Å²) in [6, 6.07) is 20.9. The van der Waals surface area contributed by atoms with Gasteiger partial charge in [-0.2, -0.15) is 0 Å². The molecule has 0 aliphatic carbocycles. The van der Waals surface area contributed by atoms with E-state index < -0.39 is 11.9 Å². The van der Waals surface area contributed by atoms with Gasteiger partial charge in [0, 0.05) is 17.2 Å². The lowest BCUT2D eigenvalue weighted by atomic mass is 10.00. The van der Waals surface area contributed by atoms with Crippen LogP contribution in [0.3, 0.4) is 0 Å². The Morgan fingerprint density at radius 3 is 1.45 bits per heavy atom. The summed E-state index contributed by atoms with van der Waals surface area (Å²) in [5.41, 5.74) is 5.21. The van der Waals surface area contributed by atoms with Crippen molar-refractivity contribution in [2.45, 2.75) is 20.8 Å². The van der Waals surface area contributed by atoms with Crippen LogP contribution in [-0.2, 0) is 19.1 Å². The average Bonchev–Trinajstić information content (AvgIpc) is 2.97. The van der Waals surface area contributed by atoms with Crippen molar-refractivity contribution in [1.29, 1.82) is 0 Å². The normalized spacial score (nSPS) is 10.3. The summed E-state index contributed by atoms with van der Waals surface area (Å²) in [6.45, 7) is 20.7. The summed E-state index contributed by atoms with van der Waals surface area (Å²) in [5, 5.41) is 0. The lowest BCUT2D eigenvalue weighted by Crippen LogP contribution is -2.12. The largest absolute Gasteiger partial charge is 0.490 e. The Kier molecular flexibility index (Phi) is 11.3. The van der Waals surface area contributed by atoms with Gasteiger partial charge in [0.15, 0.2) is 0 Å². The SMILES string of the molecule is C=C(C)C(=C)OCCOc1cc(OCCOC(=O)C(=C)C)cc(-c2ccc(-c3ccc(OC(=O)C(=C)C)cc3)cc2)c1. The van der Waals surface area contributed by atoms with Crippen molar-refractivity contribution in [3.63, 3.8) is 0 Å². The fourth-order valence-electron chi connectivity index (χ4n) is 3.53. The van der Waals surface area contributed by atoms with Crippen LogP contribution in [0.1, 0.15) is 20.8 Å². The highest BCUT2D eigenvalue weighted by atomic mass is 16.6. The number of rotatable bonds is 15. The van der Waals surface area contributed by atoms with Crippen LogP contribution in [0, 0.1) is 0 Å². The van der Waals surface area contributed by atoms with Crippen molar-refractivity contribution >= 4 is 11.9 Å². The van der Waals surface area contributed by atoms with Gasteiger partial charge in [-0.1, -0.05) is 62.7 Å². The highest BCUT2D eigenvalue weighted by Gasteiger charge is 2.10. The molecule has 0 heterocycles. The third-order valence-electron chi connectivity index (χ3n) is 5.88. The number of carbonyl (C=O) groups excluding carboxylic acids is 2. The fourth-order valence-corrected chi connectivity index (χ4v) is 3.53. The van der Waals surface area contributed by atoms with Crippen LogP contribution < -0.4 is 14.2 Å². The Morgan fingerprint density at radius 2 is 0.976 bits per heavy atom. The molecule has 3 rings (SSSR count). The third kappa shape index (κ3) is 9.55. The van der Waals surface area contributed by atoms with Crippen molar-refractivity contribution in [2.75, 3.05) is 26.4 Å². The Balaban J connectivity index is 1.75. The molecule has 0 amide bonds. The van der Waals surface area contributed by atoms with Crippen molar-refractivity contribution < 1.29 is 33.3 Å². The van der Waals surface area contributed by atoms with Crippen LogP contribution >= 0.6 is 0 Å². The van der Waals surface area contributed by atoms with E-state index in [1.807, 2.05) is 55.5 Å². The van der Waals surface area contributed by atoms with Gasteiger partial charge in [0.25, 0.3) is 0 Å². The molecule has 0 unspecified atom stereocenters. The molecule has 218 valence electrons. The smallest absolute Gasteiger partial charge is 0.338 e. The standard InChI is InChI=1S/C35H36O7/c1-23(2)26(7)38-16-17-39-32-20-30(21-33(22-32)40-18-19-41-34(36)24(3)4)29-10-8-27(9-11-29)28-12-14-31(15-13-28)42-35(37)25(5)6/h8-15,20-22H,1,3,5,7,16-19H2,2,4,6H3. The maximum atomic E-state index is 11.8. The van der Waals surface area contributed by atoms with Crippen LogP contribution in [0.2, 0.25) is 0 Å². The number of allylic oxidation sites excluding steroid dienone is 1. The van der Waals surface area contributed by atoms with Crippen LogP contribution in [0.25, 0.3) is 22.3 Å². The van der Waals surface area contributed by atoms with Gasteiger partial charge in [0.05, 0.1) is 0 Å². The first-order chi connectivity index (χ1) is 20.0. The van der Waals surface area contributed by atoms with Gasteiger partial charge < -0.3 is 23.7 Å². The third-order valence-corrected chi connectivity index (χ3v) is 5.88. The summed E-state index contributed by atoms with van der Waals surface area (Å²) in [7, 11) is 0. The van der Waals surface area contributed by atoms with Crippen molar-refractivity contribution in [1.82, 2.24) is 0 Å². The van der Waals surface area contributed by atoms with Crippen LogP contribution in [0.15, 0.2) is 116 Å². The summed E-state index contributed by atoms with van der Waals surface area (Å²) < 4.78 is 27.8. The zero-order valence-electron chi connectivity index (χ0n) is 24.4. The van der Waals surface area contributed by atoms with Gasteiger partial charge in [-0.15, -0.1) is 0 Å². The summed E-state index contributed by atoms with van der Waals surface area (Å²) in [5.74, 6) is 1.20. The highest BCUT2D eigenvalue weighted by molar-refractivity contribution is 5.89. The molecule has 42 heavy (non-hydrogen) atoms. The highest BCUT2D eigenvalue weighted by Crippen LogP contribution is 2.32. The van der Waals surface area contributed by atoms with Crippen molar-refractivity contribution in [3.05, 3.63) is 116 Å². The minimum absolute atomic E-state index is 0.0862. The average molecular weight is 569 g/mol. The molecule has 0 bridgehead atoms. The predicted octanol–water partition coefficient (Wildman–Crippen LogP) is 7.49. The van der Waals surface area contributed by atoms with E-state index in [-0.39, 0.29) is 13.2 Å². The van der Waals surface area contributed by atoms with Crippen LogP contribution in [0.4, 0.5) is 0 Å². The molecule has 0 saturated heterocycles. The molecule has 7 nitrogen and oxygen atoms in total. The zero-order chi connectivity index (χ0) is 30.6. The lowest BCUT2D eigenvalue weighted by molar-refractivity contribution is -0.139. The van der Waals surface area contributed by atoms with Gasteiger partial charge in [-0.25, -0.2) is 9.59 Å². The summed E-state index contributed by atoms with van der Waals surface area (Å²) in [4.78, 5) is 23.4. The van der Waals surface area contributed by atoms with E-state index in [1.165, 1.54) is 0 Å². The van der Waals surface area contributed by atoms with E-state index in [0.717, 1.165) is 27.8 Å². The number of carbonyl (C=O) groups is 2. The second kappa shape index (κ2) is 15.1. The Bertz CT molecular complexity index is 1410. The molecule has 0 aliphatic rings. The first-order valence-corrected chi connectivity index (χ1v) is 13.3. The summed E-state index contributed by atoms with van der Waals surface area (Å²) in [6.07, 6.45) is 0. The molecule has 0 radical (unpaired) electrons. The number of ether oxygens (including phenoxy) is 5. The molecule has 0 aliphatic heterocycles. The van der Waals surface area contributed by atoms with Crippen molar-refractivity contribution in [2.24, 2.45) is 0 Å². The molecule has 7 heteroatoms. The van der Waals surface area contributed by atoms with Gasteiger partial charge in [-0.05, 0) is 72.9 Å². The minimum atomic E-state index is -0.463. The molecule has 0 N–H and O–H groups in total. The Hall–Kier alpha value is -5.04. The van der Waals surface area contributed by atoms with E-state index in [0.29, 0.717) is 47.4 Å². The number of hydrogen-bond donors (Lipinski definition) is 0. The van der Waals surface area contributed by atoms with E-state index >= 15 is 0 Å². The molecular formula is C35H36O7. The van der Waals surface area contributed by atoms with Gasteiger partial charge in [-0.3, -0.25) is 0 Å².